The van der Waals surface area contributed by atoms with Crippen molar-refractivity contribution in [3.63, 3.8) is 0 Å². The SMILES string of the molecule is Cc1cc(Nc2ncc(-c3cnn(CC(C)C)c3)c(Nc3ccc4c(c3)CNCC4)n2)cc(C(F)(F)F)c1. The summed E-state index contributed by atoms with van der Waals surface area (Å²) in [6.45, 7) is 8.40. The molecular formula is C28H30F3N7. The highest BCUT2D eigenvalue weighted by Gasteiger charge is 2.31. The average Bonchev–Trinajstić information content (AvgIpc) is 3.31. The van der Waals surface area contributed by atoms with Gasteiger partial charge < -0.3 is 16.0 Å². The van der Waals surface area contributed by atoms with Crippen molar-refractivity contribution >= 4 is 23.1 Å². The van der Waals surface area contributed by atoms with Crippen molar-refractivity contribution in [3.05, 3.63) is 77.2 Å². The van der Waals surface area contributed by atoms with E-state index < -0.39 is 11.7 Å². The molecule has 0 unspecified atom stereocenters. The number of nitrogens with one attached hydrogen (secondary N) is 3. The summed E-state index contributed by atoms with van der Waals surface area (Å²) in [5.41, 5.74) is 5.00. The predicted octanol–water partition coefficient (Wildman–Crippen LogP) is 6.46. The second kappa shape index (κ2) is 10.4. The smallest absolute Gasteiger partial charge is 0.340 e. The Labute approximate surface area is 219 Å². The number of hydrogen-bond acceptors (Lipinski definition) is 6. The standard InChI is InChI=1S/C28H30F3N7/c1-17(2)15-38-16-21(13-34-38)25-14-33-27(36-24-9-18(3)8-22(11-24)28(29,30)31)37-26(25)35-23-5-4-19-6-7-32-12-20(19)10-23/h4-5,8-11,13-14,16-17,32H,6-7,12,15H2,1-3H3,(H2,33,35,36,37). The Morgan fingerprint density at radius 3 is 2.66 bits per heavy atom. The van der Waals surface area contributed by atoms with E-state index in [2.05, 4.69) is 57.0 Å². The quantitative estimate of drug-likeness (QED) is 0.259. The molecular weight excluding hydrogens is 491 g/mol. The number of hydrogen-bond donors (Lipinski definition) is 3. The molecule has 38 heavy (non-hydrogen) atoms. The summed E-state index contributed by atoms with van der Waals surface area (Å²) in [6, 6.07) is 10.0. The first-order valence-electron chi connectivity index (χ1n) is 12.6. The minimum Gasteiger partial charge on any atom is -0.340 e. The Morgan fingerprint density at radius 1 is 1.03 bits per heavy atom. The lowest BCUT2D eigenvalue weighted by molar-refractivity contribution is -0.137. The molecule has 1 aliphatic heterocycles. The predicted molar refractivity (Wildman–Crippen MR) is 143 cm³/mol. The number of alkyl halides is 3. The van der Waals surface area contributed by atoms with E-state index in [-0.39, 0.29) is 11.6 Å². The van der Waals surface area contributed by atoms with Crippen LogP contribution in [0.3, 0.4) is 0 Å². The summed E-state index contributed by atoms with van der Waals surface area (Å²) in [6.07, 6.45) is 1.91. The van der Waals surface area contributed by atoms with Crippen LogP contribution in [0.1, 0.15) is 36.1 Å². The van der Waals surface area contributed by atoms with Gasteiger partial charge in [-0.1, -0.05) is 19.9 Å². The number of anilines is 4. The van der Waals surface area contributed by atoms with Crippen LogP contribution >= 0.6 is 0 Å². The highest BCUT2D eigenvalue weighted by molar-refractivity contribution is 5.78. The van der Waals surface area contributed by atoms with E-state index in [1.165, 1.54) is 11.1 Å². The van der Waals surface area contributed by atoms with Crippen LogP contribution in [-0.4, -0.2) is 26.3 Å². The van der Waals surface area contributed by atoms with Crippen molar-refractivity contribution in [2.24, 2.45) is 5.92 Å². The highest BCUT2D eigenvalue weighted by atomic mass is 19.4. The third-order valence-corrected chi connectivity index (χ3v) is 6.30. The van der Waals surface area contributed by atoms with Crippen LogP contribution in [0.15, 0.2) is 55.0 Å². The number of benzene rings is 2. The van der Waals surface area contributed by atoms with Gasteiger partial charge in [-0.3, -0.25) is 4.68 Å². The molecule has 0 saturated carbocycles. The Morgan fingerprint density at radius 2 is 1.87 bits per heavy atom. The van der Waals surface area contributed by atoms with E-state index in [4.69, 9.17) is 0 Å². The third kappa shape index (κ3) is 5.96. The maximum atomic E-state index is 13.4. The van der Waals surface area contributed by atoms with Crippen molar-refractivity contribution < 1.29 is 13.2 Å². The summed E-state index contributed by atoms with van der Waals surface area (Å²) >= 11 is 0. The fourth-order valence-corrected chi connectivity index (χ4v) is 4.57. The van der Waals surface area contributed by atoms with Crippen molar-refractivity contribution in [1.82, 2.24) is 25.1 Å². The molecule has 0 aliphatic carbocycles. The number of rotatable bonds is 7. The van der Waals surface area contributed by atoms with Crippen LogP contribution in [0.25, 0.3) is 11.1 Å². The van der Waals surface area contributed by atoms with Gasteiger partial charge in [0.15, 0.2) is 0 Å². The lowest BCUT2D eigenvalue weighted by atomic mass is 10.0. The molecule has 0 radical (unpaired) electrons. The molecule has 10 heteroatoms. The van der Waals surface area contributed by atoms with Gasteiger partial charge in [0.1, 0.15) is 5.82 Å². The Hall–Kier alpha value is -3.92. The Bertz CT molecular complexity index is 1440. The summed E-state index contributed by atoms with van der Waals surface area (Å²) in [4.78, 5) is 9.10. The second-order valence-corrected chi connectivity index (χ2v) is 10.0. The van der Waals surface area contributed by atoms with E-state index in [0.717, 1.165) is 55.0 Å². The topological polar surface area (TPSA) is 79.7 Å². The molecule has 1 aliphatic rings. The van der Waals surface area contributed by atoms with Gasteiger partial charge in [-0.15, -0.1) is 0 Å². The van der Waals surface area contributed by atoms with Gasteiger partial charge in [-0.25, -0.2) is 4.98 Å². The van der Waals surface area contributed by atoms with E-state index in [9.17, 15) is 13.2 Å². The largest absolute Gasteiger partial charge is 0.416 e. The maximum Gasteiger partial charge on any atom is 0.416 e. The summed E-state index contributed by atoms with van der Waals surface area (Å²) in [5.74, 6) is 1.14. The zero-order valence-corrected chi connectivity index (χ0v) is 21.5. The van der Waals surface area contributed by atoms with E-state index in [1.807, 2.05) is 16.9 Å². The van der Waals surface area contributed by atoms with Crippen molar-refractivity contribution in [3.8, 4) is 11.1 Å². The molecule has 0 atom stereocenters. The van der Waals surface area contributed by atoms with Crippen LogP contribution < -0.4 is 16.0 Å². The molecule has 2 aromatic carbocycles. The molecule has 5 rings (SSSR count). The lowest BCUT2D eigenvalue weighted by Gasteiger charge is -2.19. The van der Waals surface area contributed by atoms with E-state index in [1.54, 1.807) is 25.4 Å². The molecule has 0 bridgehead atoms. The van der Waals surface area contributed by atoms with Gasteiger partial charge in [-0.05, 0) is 72.8 Å². The van der Waals surface area contributed by atoms with Crippen LogP contribution in [0, 0.1) is 12.8 Å². The highest BCUT2D eigenvalue weighted by Crippen LogP contribution is 2.34. The number of fused-ring (bicyclic) bond motifs is 1. The van der Waals surface area contributed by atoms with Gasteiger partial charge in [0.2, 0.25) is 5.95 Å². The molecule has 3 N–H and O–H groups in total. The molecule has 198 valence electrons. The first-order chi connectivity index (χ1) is 18.1. The number of halogens is 3. The van der Waals surface area contributed by atoms with Crippen LogP contribution in [0.4, 0.5) is 36.3 Å². The molecule has 0 spiro atoms. The van der Waals surface area contributed by atoms with Crippen molar-refractivity contribution in [2.75, 3.05) is 17.2 Å². The van der Waals surface area contributed by atoms with Gasteiger partial charge in [0.25, 0.3) is 0 Å². The average molecular weight is 522 g/mol. The monoisotopic (exact) mass is 521 g/mol. The summed E-state index contributed by atoms with van der Waals surface area (Å²) in [7, 11) is 0. The van der Waals surface area contributed by atoms with Gasteiger partial charge in [0, 0.05) is 48.0 Å². The minimum absolute atomic E-state index is 0.184. The molecule has 0 saturated heterocycles. The van der Waals surface area contributed by atoms with Crippen LogP contribution in [0.5, 0.6) is 0 Å². The molecule has 7 nitrogen and oxygen atoms in total. The molecule has 2 aromatic heterocycles. The van der Waals surface area contributed by atoms with Crippen LogP contribution in [0.2, 0.25) is 0 Å². The van der Waals surface area contributed by atoms with Crippen molar-refractivity contribution in [2.45, 2.75) is 46.5 Å². The first kappa shape index (κ1) is 25.7. The molecule has 3 heterocycles. The number of aryl methyl sites for hydroxylation is 1. The minimum atomic E-state index is -4.45. The second-order valence-electron chi connectivity index (χ2n) is 10.0. The summed E-state index contributed by atoms with van der Waals surface area (Å²) < 4.78 is 41.9. The fourth-order valence-electron chi connectivity index (χ4n) is 4.57. The molecule has 4 aromatic rings. The Balaban J connectivity index is 1.50. The maximum absolute atomic E-state index is 13.4. The van der Waals surface area contributed by atoms with Gasteiger partial charge in [-0.2, -0.15) is 23.3 Å². The first-order valence-corrected chi connectivity index (χ1v) is 12.6. The van der Waals surface area contributed by atoms with Crippen LogP contribution in [-0.2, 0) is 25.7 Å². The zero-order chi connectivity index (χ0) is 26.9. The number of aromatic nitrogens is 4. The van der Waals surface area contributed by atoms with Crippen molar-refractivity contribution in [1.29, 1.82) is 0 Å². The van der Waals surface area contributed by atoms with Gasteiger partial charge >= 0.3 is 6.18 Å². The number of nitrogens with zero attached hydrogens (tertiary/aromatic N) is 4. The van der Waals surface area contributed by atoms with E-state index in [0.29, 0.717) is 17.3 Å². The summed E-state index contributed by atoms with van der Waals surface area (Å²) in [5, 5.41) is 14.2. The lowest BCUT2D eigenvalue weighted by Crippen LogP contribution is -2.23. The fraction of sp³-hybridized carbons (Fsp3) is 0.321. The zero-order valence-electron chi connectivity index (χ0n) is 21.5. The van der Waals surface area contributed by atoms with Gasteiger partial charge in [0.05, 0.1) is 11.8 Å². The van der Waals surface area contributed by atoms with E-state index >= 15 is 0 Å². The molecule has 0 amide bonds. The normalized spacial score (nSPS) is 13.4. The molecule has 0 fully saturated rings. The Kier molecular flexibility index (Phi) is 7.07. The third-order valence-electron chi connectivity index (χ3n) is 6.30.